The molecule has 6 nitrogen and oxygen atoms in total. The number of esters is 3. The lowest BCUT2D eigenvalue weighted by Crippen LogP contribution is -2.30. The molecule has 0 fully saturated rings. The topological polar surface area (TPSA) is 78.9 Å². The van der Waals surface area contributed by atoms with E-state index in [1.54, 1.807) is 0 Å². The summed E-state index contributed by atoms with van der Waals surface area (Å²) < 4.78 is 17.0. The lowest BCUT2D eigenvalue weighted by Gasteiger charge is -2.18. The minimum absolute atomic E-state index is 0.0934. The molecule has 0 aromatic rings. The lowest BCUT2D eigenvalue weighted by molar-refractivity contribution is -0.167. The Hall–Kier alpha value is -4.71. The van der Waals surface area contributed by atoms with Crippen molar-refractivity contribution in [2.24, 2.45) is 0 Å². The van der Waals surface area contributed by atoms with E-state index < -0.39 is 6.10 Å². The van der Waals surface area contributed by atoms with Gasteiger partial charge in [-0.05, 0) is 141 Å². The number of carbonyl (C=O) groups is 3. The Morgan fingerprint density at radius 2 is 0.470 bits per heavy atom. The van der Waals surface area contributed by atoms with Crippen molar-refractivity contribution in [3.8, 4) is 0 Å². The van der Waals surface area contributed by atoms with Crippen molar-refractivity contribution >= 4 is 17.9 Å². The van der Waals surface area contributed by atoms with Crippen LogP contribution in [0.3, 0.4) is 0 Å². The van der Waals surface area contributed by atoms with Crippen molar-refractivity contribution in [1.82, 2.24) is 0 Å². The predicted octanol–water partition coefficient (Wildman–Crippen LogP) is 23.9. The van der Waals surface area contributed by atoms with Crippen molar-refractivity contribution in [2.45, 2.75) is 309 Å². The molecule has 0 bridgehead atoms. The normalized spacial score (nSPS) is 13.0. The standard InChI is InChI=1S/C77H126O6/c1-4-7-10-13-16-19-22-25-28-30-32-34-36-38-40-42-44-46-49-52-55-58-61-64-67-70-76(79)82-73-74(72-81-75(78)69-66-63-60-57-54-51-48-27-24-21-18-15-12-9-6-3)83-77(80)71-68-65-62-59-56-53-50-47-45-43-41-39-37-35-33-31-29-26-23-20-17-14-11-8-5-2/h7-8,10-11,16-17,19-20,25-29,32-35,38-41,44,46,48,74H,4-6,9,12-15,18,21-24,30-31,36-37,42-43,45,47,49-73H2,1-3H3/b10-7-,11-8-,19-16-,20-17-,28-25-,29-26-,34-32-,35-33-,40-38-,41-39-,46-44-,48-27-. The molecule has 0 amide bonds. The molecule has 470 valence electrons. The third-order valence-electron chi connectivity index (χ3n) is 14.3. The Balaban J connectivity index is 4.43. The summed E-state index contributed by atoms with van der Waals surface area (Å²) in [5.41, 5.74) is 0. The van der Waals surface area contributed by atoms with Gasteiger partial charge in [-0.1, -0.05) is 289 Å². The van der Waals surface area contributed by atoms with Gasteiger partial charge in [0.1, 0.15) is 13.2 Å². The van der Waals surface area contributed by atoms with E-state index in [1.807, 2.05) is 0 Å². The van der Waals surface area contributed by atoms with Crippen LogP contribution in [0.5, 0.6) is 0 Å². The van der Waals surface area contributed by atoms with Gasteiger partial charge in [0.15, 0.2) is 6.10 Å². The molecule has 83 heavy (non-hydrogen) atoms. The van der Waals surface area contributed by atoms with E-state index in [0.717, 1.165) is 154 Å². The average Bonchev–Trinajstić information content (AvgIpc) is 3.49. The zero-order valence-electron chi connectivity index (χ0n) is 53.9. The van der Waals surface area contributed by atoms with Crippen LogP contribution in [-0.2, 0) is 28.6 Å². The summed E-state index contributed by atoms with van der Waals surface area (Å²) in [5.74, 6) is -0.918. The third-order valence-corrected chi connectivity index (χ3v) is 14.3. The molecular weight excluding hydrogens is 1020 g/mol. The second kappa shape index (κ2) is 69.8. The van der Waals surface area contributed by atoms with Crippen LogP contribution in [0.4, 0.5) is 0 Å². The predicted molar refractivity (Wildman–Crippen MR) is 362 cm³/mol. The Kier molecular flexibility index (Phi) is 65.8. The lowest BCUT2D eigenvalue weighted by atomic mass is 10.1. The molecule has 0 spiro atoms. The van der Waals surface area contributed by atoms with E-state index in [2.05, 4.69) is 167 Å². The van der Waals surface area contributed by atoms with Crippen LogP contribution < -0.4 is 0 Å². The second-order valence-corrected chi connectivity index (χ2v) is 22.3. The first-order chi connectivity index (χ1) is 41.0. The zero-order chi connectivity index (χ0) is 59.9. The highest BCUT2D eigenvalue weighted by atomic mass is 16.6. The van der Waals surface area contributed by atoms with Gasteiger partial charge in [0.25, 0.3) is 0 Å². The van der Waals surface area contributed by atoms with Gasteiger partial charge in [-0.3, -0.25) is 14.4 Å². The summed E-state index contributed by atoms with van der Waals surface area (Å²) in [6.45, 7) is 6.40. The first-order valence-corrected chi connectivity index (χ1v) is 34.3. The maximum absolute atomic E-state index is 13.0. The first-order valence-electron chi connectivity index (χ1n) is 34.3. The molecule has 0 N–H and O–H groups in total. The summed E-state index contributed by atoms with van der Waals surface area (Å²) in [4.78, 5) is 38.5. The van der Waals surface area contributed by atoms with Crippen molar-refractivity contribution in [3.63, 3.8) is 0 Å². The Morgan fingerprint density at radius 3 is 0.747 bits per heavy atom. The van der Waals surface area contributed by atoms with Crippen molar-refractivity contribution in [3.05, 3.63) is 146 Å². The van der Waals surface area contributed by atoms with Crippen LogP contribution in [0.15, 0.2) is 146 Å². The number of rotatable bonds is 61. The van der Waals surface area contributed by atoms with E-state index >= 15 is 0 Å². The Morgan fingerprint density at radius 1 is 0.253 bits per heavy atom. The van der Waals surface area contributed by atoms with Crippen LogP contribution in [0, 0.1) is 0 Å². The van der Waals surface area contributed by atoms with E-state index in [0.29, 0.717) is 19.3 Å². The largest absolute Gasteiger partial charge is 0.462 e. The molecule has 0 saturated carbocycles. The van der Waals surface area contributed by atoms with E-state index in [4.69, 9.17) is 14.2 Å². The number of hydrogen-bond donors (Lipinski definition) is 0. The van der Waals surface area contributed by atoms with Crippen LogP contribution in [-0.4, -0.2) is 37.2 Å². The number of unbranched alkanes of at least 4 members (excludes halogenated alkanes) is 26. The molecule has 0 aromatic heterocycles. The van der Waals surface area contributed by atoms with Crippen molar-refractivity contribution in [2.75, 3.05) is 13.2 Å². The summed E-state index contributed by atoms with van der Waals surface area (Å²) in [6, 6.07) is 0. The highest BCUT2D eigenvalue weighted by Gasteiger charge is 2.19. The highest BCUT2D eigenvalue weighted by Crippen LogP contribution is 2.15. The highest BCUT2D eigenvalue weighted by molar-refractivity contribution is 5.71. The number of allylic oxidation sites excluding steroid dienone is 24. The maximum Gasteiger partial charge on any atom is 0.306 e. The van der Waals surface area contributed by atoms with Gasteiger partial charge in [0.05, 0.1) is 0 Å². The van der Waals surface area contributed by atoms with Crippen LogP contribution in [0.2, 0.25) is 0 Å². The molecule has 0 radical (unpaired) electrons. The van der Waals surface area contributed by atoms with Crippen molar-refractivity contribution in [1.29, 1.82) is 0 Å². The van der Waals surface area contributed by atoms with Crippen LogP contribution in [0.1, 0.15) is 303 Å². The fourth-order valence-corrected chi connectivity index (χ4v) is 9.23. The molecule has 0 rings (SSSR count). The number of carbonyl (C=O) groups excluding carboxylic acids is 3. The van der Waals surface area contributed by atoms with Gasteiger partial charge in [-0.15, -0.1) is 0 Å². The van der Waals surface area contributed by atoms with E-state index in [9.17, 15) is 14.4 Å². The van der Waals surface area contributed by atoms with Gasteiger partial charge in [0.2, 0.25) is 0 Å². The average molecular weight is 1150 g/mol. The zero-order valence-corrected chi connectivity index (χ0v) is 53.9. The van der Waals surface area contributed by atoms with E-state index in [1.165, 1.54) is 109 Å². The van der Waals surface area contributed by atoms with Gasteiger partial charge < -0.3 is 14.2 Å². The number of hydrogen-bond acceptors (Lipinski definition) is 6. The minimum atomic E-state index is -0.799. The smallest absolute Gasteiger partial charge is 0.306 e. The Bertz CT molecular complexity index is 1800. The fourth-order valence-electron chi connectivity index (χ4n) is 9.23. The monoisotopic (exact) mass is 1150 g/mol. The van der Waals surface area contributed by atoms with Crippen molar-refractivity contribution < 1.29 is 28.6 Å². The molecule has 0 heterocycles. The molecular formula is C77H126O6. The molecule has 0 aliphatic rings. The third kappa shape index (κ3) is 68.0. The maximum atomic E-state index is 13.0. The molecule has 1 atom stereocenters. The minimum Gasteiger partial charge on any atom is -0.462 e. The first kappa shape index (κ1) is 78.3. The van der Waals surface area contributed by atoms with Crippen LogP contribution >= 0.6 is 0 Å². The van der Waals surface area contributed by atoms with Gasteiger partial charge in [-0.25, -0.2) is 0 Å². The van der Waals surface area contributed by atoms with Crippen LogP contribution in [0.25, 0.3) is 0 Å². The van der Waals surface area contributed by atoms with Gasteiger partial charge >= 0.3 is 17.9 Å². The quantitative estimate of drug-likeness (QED) is 0.0261. The summed E-state index contributed by atoms with van der Waals surface area (Å²) in [5, 5.41) is 0. The molecule has 1 unspecified atom stereocenters. The number of ether oxygens (including phenoxy) is 3. The summed E-state index contributed by atoms with van der Waals surface area (Å²) >= 11 is 0. The Labute approximate surface area is 512 Å². The van der Waals surface area contributed by atoms with E-state index in [-0.39, 0.29) is 31.1 Å². The summed E-state index contributed by atoms with van der Waals surface area (Å²) in [6.07, 6.45) is 99.9. The molecule has 0 aliphatic carbocycles. The van der Waals surface area contributed by atoms with Gasteiger partial charge in [-0.2, -0.15) is 0 Å². The summed E-state index contributed by atoms with van der Waals surface area (Å²) in [7, 11) is 0. The second-order valence-electron chi connectivity index (χ2n) is 22.3. The molecule has 0 aromatic carbocycles. The SMILES string of the molecule is CC/C=C\C/C=C\C/C=C\C/C=C\C/C=C\C/C=C\CCCCCCCCC(=O)OCC(COC(=O)CCCCCCC/C=C\CCCCCCCC)OC(=O)CCCCCCCCCCC/C=C\C/C=C\C/C=C\C/C=C\C/C=C\CC. The van der Waals surface area contributed by atoms with Gasteiger partial charge in [0, 0.05) is 19.3 Å². The molecule has 6 heteroatoms. The fraction of sp³-hybridized carbons (Fsp3) is 0.649. The molecule has 0 aliphatic heterocycles. The molecule has 0 saturated heterocycles.